The minimum absolute atomic E-state index is 2.96. The van der Waals surface area contributed by atoms with Crippen LogP contribution in [0.5, 0.6) is 0 Å². The quantitative estimate of drug-likeness (QED) is 0.202. The van der Waals surface area contributed by atoms with Crippen molar-refractivity contribution in [1.29, 1.82) is 0 Å². The molecule has 88 valence electrons. The number of hydrogen-bond donors (Lipinski definition) is 7. The molecule has 0 atom stereocenters. The van der Waals surface area contributed by atoms with E-state index in [9.17, 15) is 9.13 Å². The molecule has 11 nitrogen and oxygen atoms in total. The number of phosphoric acid groups is 2. The first-order valence-corrected chi connectivity index (χ1v) is 8.66. The Morgan fingerprint density at radius 1 is 0.857 bits per heavy atom. The van der Waals surface area contributed by atoms with Gasteiger partial charge in [0.05, 0.1) is 0 Å². The van der Waals surface area contributed by atoms with E-state index in [-0.39, 0.29) is 0 Å². The normalized spacial score (nSPS) is 13.1. The predicted molar refractivity (Wildman–Crippen MR) is 38.3 cm³/mol. The van der Waals surface area contributed by atoms with Gasteiger partial charge in [0, 0.05) is 0 Å². The van der Waals surface area contributed by atoms with Crippen LogP contribution in [-0.4, -0.2) is 46.4 Å². The average molecular weight is 320 g/mol. The van der Waals surface area contributed by atoms with Gasteiger partial charge in [0.25, 0.3) is 0 Å². The topological polar surface area (TPSA) is 202 Å². The van der Waals surface area contributed by atoms with Gasteiger partial charge in [0.1, 0.15) is 0 Å². The molecule has 0 spiro atoms. The van der Waals surface area contributed by atoms with Gasteiger partial charge in [-0.1, -0.05) is 0 Å². The van der Waals surface area contributed by atoms with Crippen LogP contribution in [0.1, 0.15) is 0 Å². The van der Waals surface area contributed by atoms with E-state index >= 15 is 0 Å². The maximum absolute atomic E-state index is 9.63. The Bertz CT molecular complexity index is 256. The Morgan fingerprint density at radius 3 is 1.00 bits per heavy atom. The summed E-state index contributed by atoms with van der Waals surface area (Å²) in [5, 5.41) is 0. The van der Waals surface area contributed by atoms with Gasteiger partial charge in [0.15, 0.2) is 0 Å². The van der Waals surface area contributed by atoms with E-state index in [1.807, 2.05) is 0 Å². The van der Waals surface area contributed by atoms with Crippen LogP contribution in [0.3, 0.4) is 0 Å². The second kappa shape index (κ2) is 5.55. The molecule has 0 unspecified atom stereocenters. The van der Waals surface area contributed by atoms with Crippen molar-refractivity contribution in [2.24, 2.45) is 0 Å². The Morgan fingerprint density at radius 2 is 1.00 bits per heavy atom. The van der Waals surface area contributed by atoms with Crippen molar-refractivity contribution in [3.05, 3.63) is 0 Å². The monoisotopic (exact) mass is 320 g/mol. The fourth-order valence-electron chi connectivity index (χ4n) is 0.139. The van der Waals surface area contributed by atoms with Gasteiger partial charge in [-0.15, -0.1) is 0 Å². The summed E-state index contributed by atoms with van der Waals surface area (Å²) in [6.07, 6.45) is 0. The Labute approximate surface area is 79.8 Å². The summed E-state index contributed by atoms with van der Waals surface area (Å²) in [6, 6.07) is 0. The summed E-state index contributed by atoms with van der Waals surface area (Å²) in [5.74, 6) is 0. The van der Waals surface area contributed by atoms with E-state index in [4.69, 9.17) is 35.6 Å². The molecule has 0 bridgehead atoms. The van der Waals surface area contributed by atoms with Crippen LogP contribution in [-0.2, 0) is 17.2 Å². The van der Waals surface area contributed by atoms with E-state index in [0.29, 0.717) is 0 Å². The Kier molecular flexibility index (Phi) is 6.70. The second-order valence-electron chi connectivity index (χ2n) is 1.58. The van der Waals surface area contributed by atoms with Crippen molar-refractivity contribution >= 4 is 30.2 Å². The van der Waals surface area contributed by atoms with Crippen LogP contribution in [0.15, 0.2) is 0 Å². The van der Waals surface area contributed by atoms with Crippen LogP contribution in [0.4, 0.5) is 0 Å². The Balaban J connectivity index is 0. The summed E-state index contributed by atoms with van der Waals surface area (Å²) < 4.78 is 52.9. The second-order valence-corrected chi connectivity index (χ2v) is 6.35. The van der Waals surface area contributed by atoms with Gasteiger partial charge < -0.3 is 19.6 Å². The molecule has 0 aromatic rings. The van der Waals surface area contributed by atoms with Crippen LogP contribution >= 0.6 is 15.6 Å². The number of rotatable bonds is 2. The first-order valence-electron chi connectivity index (χ1n) is 2.31. The van der Waals surface area contributed by atoms with E-state index in [2.05, 4.69) is 4.31 Å². The molecule has 0 saturated heterocycles. The minimum atomic E-state index is -5.12. The van der Waals surface area contributed by atoms with E-state index in [0.717, 1.165) is 0 Å². The third-order valence-electron chi connectivity index (χ3n) is 0.213. The summed E-state index contributed by atoms with van der Waals surface area (Å²) in [7, 11) is -10.1. The fourth-order valence-corrected chi connectivity index (χ4v) is 1.25. The third kappa shape index (κ3) is 39.1. The molecule has 0 fully saturated rings. The van der Waals surface area contributed by atoms with Gasteiger partial charge >= 0.3 is 46.2 Å². The van der Waals surface area contributed by atoms with Gasteiger partial charge in [-0.25, -0.2) is 9.13 Å². The molecule has 0 rings (SSSR count). The maximum atomic E-state index is 9.63. The third-order valence-corrected chi connectivity index (χ3v) is 1.91. The van der Waals surface area contributed by atoms with Crippen LogP contribution in [0, 0.1) is 0 Å². The molecular weight excluding hydrogens is 313 g/mol. The van der Waals surface area contributed by atoms with Crippen molar-refractivity contribution in [3.63, 3.8) is 0 Å². The number of hydrogen-bond acceptors (Lipinski definition) is 4. The zero-order valence-corrected chi connectivity index (χ0v) is 9.77. The molecule has 14 heteroatoms. The summed E-state index contributed by atoms with van der Waals surface area (Å²) >= 11 is -5.12. The average Bonchev–Trinajstić information content (AvgIpc) is 1.42. The van der Waals surface area contributed by atoms with Crippen molar-refractivity contribution in [2.45, 2.75) is 0 Å². The van der Waals surface area contributed by atoms with Gasteiger partial charge in [-0.2, -0.15) is 4.31 Å². The first-order chi connectivity index (χ1) is 5.71. The van der Waals surface area contributed by atoms with Crippen molar-refractivity contribution < 1.29 is 49.0 Å². The molecule has 0 aliphatic heterocycles. The molecule has 0 aliphatic rings. The molecule has 0 amide bonds. The SMILES string of the molecule is O=P(O)(O)OP(=O)(O)O.O=[As](O)(O)O. The molecule has 0 saturated carbocycles. The molecule has 14 heavy (non-hydrogen) atoms. The van der Waals surface area contributed by atoms with Crippen molar-refractivity contribution in [2.75, 3.05) is 0 Å². The zero-order chi connectivity index (χ0) is 12.2. The molecule has 7 N–H and O–H groups in total. The van der Waals surface area contributed by atoms with Gasteiger partial charge in [-0.05, 0) is 0 Å². The van der Waals surface area contributed by atoms with Gasteiger partial charge in [-0.3, -0.25) is 0 Å². The van der Waals surface area contributed by atoms with Crippen LogP contribution in [0.25, 0.3) is 0 Å². The molecule has 0 radical (unpaired) electrons. The summed E-state index contributed by atoms with van der Waals surface area (Å²) in [6.45, 7) is 0. The van der Waals surface area contributed by atoms with Crippen LogP contribution in [0.2, 0.25) is 0 Å². The summed E-state index contributed by atoms with van der Waals surface area (Å²) in [5.41, 5.74) is 0. The molecular formula is H7AsO11P2. The van der Waals surface area contributed by atoms with Crippen molar-refractivity contribution in [3.8, 4) is 0 Å². The van der Waals surface area contributed by atoms with E-state index in [1.54, 1.807) is 0 Å². The summed E-state index contributed by atoms with van der Waals surface area (Å²) in [4.78, 5) is 31.0. The Hall–Kier alpha value is 0.498. The predicted octanol–water partition coefficient (Wildman–Crippen LogP) is -2.98. The molecule has 0 aromatic heterocycles. The standard InChI is InChI=1S/AsH3O4.H4O7P2/c2-1(3,4)5;1-8(2,3)7-9(4,5)6/h(H3,2,3,4,5);(H2,1,2,3)(H2,4,5,6). The zero-order valence-electron chi connectivity index (χ0n) is 6.11. The van der Waals surface area contributed by atoms with E-state index in [1.165, 1.54) is 0 Å². The van der Waals surface area contributed by atoms with Gasteiger partial charge in [0.2, 0.25) is 0 Å². The first kappa shape index (κ1) is 16.9. The van der Waals surface area contributed by atoms with E-state index < -0.39 is 30.2 Å². The molecule has 0 aliphatic carbocycles. The fraction of sp³-hybridized carbons (Fsp3) is 0. The van der Waals surface area contributed by atoms with Crippen LogP contribution < -0.4 is 0 Å². The molecule has 0 aromatic carbocycles. The molecule has 0 heterocycles. The van der Waals surface area contributed by atoms with Crippen molar-refractivity contribution in [1.82, 2.24) is 0 Å².